The van der Waals surface area contributed by atoms with E-state index in [4.69, 9.17) is 9.47 Å². The summed E-state index contributed by atoms with van der Waals surface area (Å²) in [6, 6.07) is 14.6. The van der Waals surface area contributed by atoms with Crippen LogP contribution in [0.5, 0.6) is 11.5 Å². The monoisotopic (exact) mass is 620 g/mol. The minimum absolute atomic E-state index is 0.0116. The van der Waals surface area contributed by atoms with Crippen molar-refractivity contribution in [2.24, 2.45) is 5.92 Å². The van der Waals surface area contributed by atoms with Crippen LogP contribution >= 0.6 is 0 Å². The number of ether oxygens (including phenoxy) is 2. The summed E-state index contributed by atoms with van der Waals surface area (Å²) in [6.07, 6.45) is 19.7. The van der Waals surface area contributed by atoms with Crippen molar-refractivity contribution < 1.29 is 18.7 Å². The lowest BCUT2D eigenvalue weighted by Crippen LogP contribution is -2.37. The number of carbonyl (C=O) groups excluding carboxylic acids is 1. The number of likely N-dealkylation sites (tertiary alicyclic amines) is 1. The van der Waals surface area contributed by atoms with Crippen molar-refractivity contribution in [1.29, 1.82) is 5.26 Å². The Morgan fingerprint density at radius 3 is 1.93 bits per heavy atom. The number of carbonyl (C=O) groups is 1. The molecule has 1 fully saturated rings. The lowest BCUT2D eigenvalue weighted by molar-refractivity contribution is 0.0838. The molecule has 1 heterocycles. The number of unbranched alkanes of at least 4 members (excludes halogenated alkanes) is 11. The van der Waals surface area contributed by atoms with E-state index in [-0.39, 0.29) is 17.5 Å². The molecule has 0 aromatic heterocycles. The molecule has 0 saturated carbocycles. The number of nitrogens with zero attached hydrogens (tertiary/aromatic N) is 2. The Morgan fingerprint density at radius 2 is 1.38 bits per heavy atom. The Morgan fingerprint density at radius 1 is 0.822 bits per heavy atom. The topological polar surface area (TPSA) is 62.6 Å². The maximum Gasteiger partial charge on any atom is 0.166 e. The third-order valence-electron chi connectivity index (χ3n) is 9.77. The van der Waals surface area contributed by atoms with Crippen LogP contribution in [0.25, 0.3) is 0 Å². The highest BCUT2D eigenvalue weighted by Gasteiger charge is 2.33. The van der Waals surface area contributed by atoms with Crippen molar-refractivity contribution in [1.82, 2.24) is 4.90 Å². The quantitative estimate of drug-likeness (QED) is 0.0968. The third-order valence-corrected chi connectivity index (χ3v) is 9.77. The molecule has 5 nitrogen and oxygen atoms in total. The summed E-state index contributed by atoms with van der Waals surface area (Å²) < 4.78 is 24.4. The largest absolute Gasteiger partial charge is 0.493 e. The van der Waals surface area contributed by atoms with Crippen LogP contribution in [0.2, 0.25) is 0 Å². The number of ketones is 1. The van der Waals surface area contributed by atoms with Crippen molar-refractivity contribution >= 4 is 5.78 Å². The zero-order chi connectivity index (χ0) is 32.3. The second-order valence-electron chi connectivity index (χ2n) is 13.0. The molecule has 0 amide bonds. The van der Waals surface area contributed by atoms with Gasteiger partial charge in [0, 0.05) is 11.5 Å². The van der Waals surface area contributed by atoms with E-state index in [2.05, 4.69) is 17.9 Å². The van der Waals surface area contributed by atoms with Crippen LogP contribution in [-0.4, -0.2) is 44.5 Å². The Labute approximate surface area is 272 Å². The van der Waals surface area contributed by atoms with Crippen molar-refractivity contribution in [3.63, 3.8) is 0 Å². The van der Waals surface area contributed by atoms with E-state index in [0.29, 0.717) is 17.1 Å². The number of halogens is 1. The molecule has 2 aromatic carbocycles. The first-order valence-corrected chi connectivity index (χ1v) is 17.6. The van der Waals surface area contributed by atoms with Crippen LogP contribution in [0.3, 0.4) is 0 Å². The highest BCUT2D eigenvalue weighted by Crippen LogP contribution is 2.39. The normalized spacial score (nSPS) is 15.4. The van der Waals surface area contributed by atoms with E-state index in [1.54, 1.807) is 26.4 Å². The third kappa shape index (κ3) is 11.8. The first kappa shape index (κ1) is 36.6. The molecule has 6 heteroatoms. The van der Waals surface area contributed by atoms with E-state index in [0.717, 1.165) is 70.1 Å². The summed E-state index contributed by atoms with van der Waals surface area (Å²) in [6.45, 7) is 4.91. The number of rotatable bonds is 22. The van der Waals surface area contributed by atoms with Crippen LogP contribution in [0.4, 0.5) is 4.39 Å². The van der Waals surface area contributed by atoms with Gasteiger partial charge in [0.15, 0.2) is 17.3 Å². The molecule has 1 aliphatic rings. The summed E-state index contributed by atoms with van der Waals surface area (Å²) in [5.41, 5.74) is 1.03. The van der Waals surface area contributed by atoms with Gasteiger partial charge < -0.3 is 14.4 Å². The van der Waals surface area contributed by atoms with Gasteiger partial charge in [-0.3, -0.25) is 4.79 Å². The SMILES string of the molecule is CCCCCCCCCCCCCCC(C#N)(CCCN1CCC(C(=O)c2ccc(F)cc2)CC1)c1ccc(OC)c(OC)c1. The van der Waals surface area contributed by atoms with E-state index < -0.39 is 5.41 Å². The van der Waals surface area contributed by atoms with E-state index in [1.807, 2.05) is 18.2 Å². The number of benzene rings is 2. The van der Waals surface area contributed by atoms with Gasteiger partial charge in [-0.25, -0.2) is 4.39 Å². The number of hydrogen-bond acceptors (Lipinski definition) is 5. The summed E-state index contributed by atoms with van der Waals surface area (Å²) in [7, 11) is 3.28. The maximum atomic E-state index is 13.3. The van der Waals surface area contributed by atoms with Crippen molar-refractivity contribution in [3.8, 4) is 17.6 Å². The van der Waals surface area contributed by atoms with Gasteiger partial charge in [0.25, 0.3) is 0 Å². The average Bonchev–Trinajstić information content (AvgIpc) is 3.08. The van der Waals surface area contributed by atoms with Gasteiger partial charge >= 0.3 is 0 Å². The number of methoxy groups -OCH3 is 2. The van der Waals surface area contributed by atoms with Crippen molar-refractivity contribution in [2.45, 2.75) is 121 Å². The Hall–Kier alpha value is -2.91. The number of hydrogen-bond donors (Lipinski definition) is 0. The Balaban J connectivity index is 1.50. The van der Waals surface area contributed by atoms with Crippen molar-refractivity contribution in [2.75, 3.05) is 33.9 Å². The van der Waals surface area contributed by atoms with Crippen LogP contribution < -0.4 is 9.47 Å². The van der Waals surface area contributed by atoms with Crippen LogP contribution in [0, 0.1) is 23.1 Å². The summed E-state index contributed by atoms with van der Waals surface area (Å²) in [5, 5.41) is 10.7. The molecular formula is C39H57FN2O3. The minimum Gasteiger partial charge on any atom is -0.493 e. The first-order chi connectivity index (χ1) is 22.0. The predicted molar refractivity (Wildman–Crippen MR) is 182 cm³/mol. The molecule has 0 radical (unpaired) electrons. The van der Waals surface area contributed by atoms with Gasteiger partial charge in [-0.05, 0) is 93.7 Å². The second kappa shape index (κ2) is 20.3. The molecule has 1 aliphatic heterocycles. The molecule has 0 bridgehead atoms. The molecule has 1 saturated heterocycles. The summed E-state index contributed by atoms with van der Waals surface area (Å²) >= 11 is 0. The molecular weight excluding hydrogens is 563 g/mol. The predicted octanol–water partition coefficient (Wildman–Crippen LogP) is 10.1. The molecule has 2 aromatic rings. The Bertz CT molecular complexity index is 1170. The number of nitriles is 1. The fourth-order valence-electron chi connectivity index (χ4n) is 6.86. The molecule has 45 heavy (non-hydrogen) atoms. The standard InChI is InChI=1S/C39H57FN2O3/c1-4-5-6-7-8-9-10-11-12-13-14-15-25-39(31-41,34-19-22-36(44-2)37(30-34)45-3)26-16-27-42-28-23-33(24-29-42)38(43)32-17-20-35(40)21-18-32/h17-22,30,33H,4-16,23-29H2,1-3H3. The highest BCUT2D eigenvalue weighted by molar-refractivity contribution is 5.97. The average molecular weight is 621 g/mol. The zero-order valence-corrected chi connectivity index (χ0v) is 28.3. The van der Waals surface area contributed by atoms with Gasteiger partial charge in [-0.15, -0.1) is 0 Å². The van der Waals surface area contributed by atoms with Gasteiger partial charge in [-0.1, -0.05) is 90.0 Å². The van der Waals surface area contributed by atoms with Gasteiger partial charge in [-0.2, -0.15) is 5.26 Å². The summed E-state index contributed by atoms with van der Waals surface area (Å²) in [4.78, 5) is 15.3. The summed E-state index contributed by atoms with van der Waals surface area (Å²) in [5.74, 6) is 1.13. The first-order valence-electron chi connectivity index (χ1n) is 17.6. The molecule has 248 valence electrons. The van der Waals surface area contributed by atoms with Crippen molar-refractivity contribution in [3.05, 3.63) is 59.4 Å². The van der Waals surface area contributed by atoms with Crippen LogP contribution in [0.1, 0.15) is 132 Å². The number of Topliss-reactive ketones (excluding diaryl/α,β-unsaturated/α-hetero) is 1. The fourth-order valence-corrected chi connectivity index (χ4v) is 6.86. The maximum absolute atomic E-state index is 13.3. The lowest BCUT2D eigenvalue weighted by Gasteiger charge is -2.33. The van der Waals surface area contributed by atoms with E-state index in [1.165, 1.54) is 76.3 Å². The zero-order valence-electron chi connectivity index (χ0n) is 28.3. The minimum atomic E-state index is -0.574. The molecule has 1 unspecified atom stereocenters. The van der Waals surface area contributed by atoms with Gasteiger partial charge in [0.2, 0.25) is 0 Å². The highest BCUT2D eigenvalue weighted by atomic mass is 19.1. The molecule has 0 spiro atoms. The number of piperidine rings is 1. The van der Waals surface area contributed by atoms with Crippen LogP contribution in [-0.2, 0) is 5.41 Å². The molecule has 1 atom stereocenters. The fraction of sp³-hybridized carbons (Fsp3) is 0.641. The van der Waals surface area contributed by atoms with Crippen LogP contribution in [0.15, 0.2) is 42.5 Å². The molecule has 0 N–H and O–H groups in total. The van der Waals surface area contributed by atoms with E-state index in [9.17, 15) is 14.4 Å². The smallest absolute Gasteiger partial charge is 0.166 e. The second-order valence-corrected chi connectivity index (χ2v) is 13.0. The van der Waals surface area contributed by atoms with E-state index >= 15 is 0 Å². The lowest BCUT2D eigenvalue weighted by atomic mass is 9.74. The Kier molecular flexibility index (Phi) is 16.5. The van der Waals surface area contributed by atoms with Gasteiger partial charge in [0.1, 0.15) is 5.82 Å². The van der Waals surface area contributed by atoms with Gasteiger partial charge in [0.05, 0.1) is 25.7 Å². The molecule has 0 aliphatic carbocycles. The molecule has 3 rings (SSSR count).